The van der Waals surface area contributed by atoms with Crippen molar-refractivity contribution >= 4 is 17.3 Å². The summed E-state index contributed by atoms with van der Waals surface area (Å²) in [7, 11) is 0. The maximum absolute atomic E-state index is 8.56. The minimum absolute atomic E-state index is 0.00140. The fourth-order valence-electron chi connectivity index (χ4n) is 2.05. The Morgan fingerprint density at radius 3 is 1.95 bits per heavy atom. The van der Waals surface area contributed by atoms with E-state index < -0.39 is 0 Å². The molecule has 4 heteroatoms. The summed E-state index contributed by atoms with van der Waals surface area (Å²) in [6.45, 7) is 3.64. The van der Waals surface area contributed by atoms with Gasteiger partial charge in [0, 0.05) is 6.61 Å². The fraction of sp³-hybridized carbons (Fsp3) is 0.938. The highest BCUT2D eigenvalue weighted by Gasteiger charge is 1.97. The maximum Gasteiger partial charge on any atom is 0.185 e. The first-order valence-electron chi connectivity index (χ1n) is 8.15. The lowest BCUT2D eigenvalue weighted by molar-refractivity contribution is 0.137. The Bertz CT molecular complexity index is 210. The molecule has 0 aliphatic carbocycles. The molecule has 3 nitrogen and oxygen atoms in total. The molecule has 0 spiro atoms. The van der Waals surface area contributed by atoms with Gasteiger partial charge >= 0.3 is 0 Å². The van der Waals surface area contributed by atoms with Gasteiger partial charge in [0.05, 0.1) is 6.61 Å². The molecular weight excluding hydrogens is 272 g/mol. The van der Waals surface area contributed by atoms with E-state index in [1.807, 2.05) is 0 Å². The van der Waals surface area contributed by atoms with Gasteiger partial charge in [-0.15, -0.1) is 0 Å². The molecule has 120 valence electrons. The molecule has 0 aliphatic heterocycles. The third-order valence-electron chi connectivity index (χ3n) is 3.22. The van der Waals surface area contributed by atoms with Crippen LogP contribution in [-0.4, -0.2) is 36.6 Å². The molecule has 0 atom stereocenters. The normalized spacial score (nSPS) is 10.7. The number of aliphatic hydroxyl groups is 1. The van der Waals surface area contributed by atoms with Crippen LogP contribution in [0.15, 0.2) is 0 Å². The van der Waals surface area contributed by atoms with E-state index in [1.165, 1.54) is 57.8 Å². The van der Waals surface area contributed by atoms with Gasteiger partial charge in [-0.25, -0.2) is 0 Å². The van der Waals surface area contributed by atoms with Gasteiger partial charge in [-0.05, 0) is 18.6 Å². The van der Waals surface area contributed by atoms with Crippen LogP contribution >= 0.6 is 12.2 Å². The SMILES string of the molecule is CCCCCCCCCCCCOCC(=S)OCCO. The molecule has 1 N–H and O–H groups in total. The van der Waals surface area contributed by atoms with Gasteiger partial charge in [0.2, 0.25) is 0 Å². The van der Waals surface area contributed by atoms with Crippen molar-refractivity contribution in [3.05, 3.63) is 0 Å². The summed E-state index contributed by atoms with van der Waals surface area (Å²) in [4.78, 5) is 0. The second-order valence-corrected chi connectivity index (χ2v) is 5.63. The summed E-state index contributed by atoms with van der Waals surface area (Å²) in [6.07, 6.45) is 13.3. The van der Waals surface area contributed by atoms with E-state index in [0.29, 0.717) is 11.7 Å². The molecule has 0 heterocycles. The van der Waals surface area contributed by atoms with Crippen molar-refractivity contribution in [1.29, 1.82) is 0 Å². The summed E-state index contributed by atoms with van der Waals surface area (Å²) in [5, 5.41) is 9.00. The highest BCUT2D eigenvalue weighted by atomic mass is 32.1. The summed E-state index contributed by atoms with van der Waals surface area (Å²) in [5.74, 6) is 0. The predicted octanol–water partition coefficient (Wildman–Crippen LogP) is 4.26. The first kappa shape index (κ1) is 19.8. The molecular formula is C16H32O3S. The average Bonchev–Trinajstić information content (AvgIpc) is 2.46. The van der Waals surface area contributed by atoms with Crippen LogP contribution in [0.3, 0.4) is 0 Å². The number of unbranched alkanes of at least 4 members (excludes halogenated alkanes) is 9. The number of aliphatic hydroxyl groups excluding tert-OH is 1. The van der Waals surface area contributed by atoms with Crippen molar-refractivity contribution < 1.29 is 14.6 Å². The molecule has 20 heavy (non-hydrogen) atoms. The number of hydrogen-bond acceptors (Lipinski definition) is 4. The third-order valence-corrected chi connectivity index (χ3v) is 3.45. The monoisotopic (exact) mass is 304 g/mol. The smallest absolute Gasteiger partial charge is 0.185 e. The molecule has 0 rings (SSSR count). The second-order valence-electron chi connectivity index (χ2n) is 5.18. The number of hydrogen-bond donors (Lipinski definition) is 1. The van der Waals surface area contributed by atoms with Crippen LogP contribution in [0.25, 0.3) is 0 Å². The van der Waals surface area contributed by atoms with Gasteiger partial charge in [-0.3, -0.25) is 0 Å². The van der Waals surface area contributed by atoms with Crippen LogP contribution in [-0.2, 0) is 9.47 Å². The van der Waals surface area contributed by atoms with Crippen LogP contribution < -0.4 is 0 Å². The lowest BCUT2D eigenvalue weighted by Crippen LogP contribution is -2.13. The Balaban J connectivity index is 3.04. The Morgan fingerprint density at radius 2 is 1.40 bits per heavy atom. The van der Waals surface area contributed by atoms with E-state index in [2.05, 4.69) is 6.92 Å². The molecule has 0 saturated carbocycles. The maximum atomic E-state index is 8.56. The molecule has 0 bridgehead atoms. The Hall–Kier alpha value is -0.190. The van der Waals surface area contributed by atoms with Gasteiger partial charge in [-0.1, -0.05) is 64.7 Å². The van der Waals surface area contributed by atoms with E-state index in [4.69, 9.17) is 26.8 Å². The van der Waals surface area contributed by atoms with E-state index in [0.717, 1.165) is 13.0 Å². The van der Waals surface area contributed by atoms with E-state index in [1.54, 1.807) is 0 Å². The highest BCUT2D eigenvalue weighted by molar-refractivity contribution is 7.80. The molecule has 0 aliphatic rings. The van der Waals surface area contributed by atoms with Gasteiger partial charge in [-0.2, -0.15) is 0 Å². The second kappa shape index (κ2) is 16.9. The van der Waals surface area contributed by atoms with Gasteiger partial charge in [0.1, 0.15) is 13.2 Å². The molecule has 0 saturated heterocycles. The van der Waals surface area contributed by atoms with E-state index >= 15 is 0 Å². The summed E-state index contributed by atoms with van der Waals surface area (Å²) >= 11 is 4.94. The van der Waals surface area contributed by atoms with Gasteiger partial charge in [0.25, 0.3) is 0 Å². The zero-order chi connectivity index (χ0) is 14.9. The van der Waals surface area contributed by atoms with Crippen LogP contribution in [0.2, 0.25) is 0 Å². The first-order valence-corrected chi connectivity index (χ1v) is 8.56. The van der Waals surface area contributed by atoms with Crippen LogP contribution in [0.5, 0.6) is 0 Å². The summed E-state index contributed by atoms with van der Waals surface area (Å²) < 4.78 is 10.5. The Kier molecular flexibility index (Phi) is 16.7. The molecule has 0 aromatic rings. The zero-order valence-electron chi connectivity index (χ0n) is 13.1. The molecule has 0 unspecified atom stereocenters. The van der Waals surface area contributed by atoms with Gasteiger partial charge in [0.15, 0.2) is 5.05 Å². The lowest BCUT2D eigenvalue weighted by atomic mass is 10.1. The van der Waals surface area contributed by atoms with E-state index in [9.17, 15) is 0 Å². The Labute approximate surface area is 130 Å². The van der Waals surface area contributed by atoms with Crippen molar-refractivity contribution in [3.63, 3.8) is 0 Å². The molecule has 0 amide bonds. The topological polar surface area (TPSA) is 38.7 Å². The molecule has 0 aromatic carbocycles. The summed E-state index contributed by atoms with van der Waals surface area (Å²) in [5.41, 5.74) is 0. The van der Waals surface area contributed by atoms with Crippen molar-refractivity contribution in [1.82, 2.24) is 0 Å². The highest BCUT2D eigenvalue weighted by Crippen LogP contribution is 2.10. The first-order chi connectivity index (χ1) is 9.81. The number of thiocarbonyl (C=S) groups is 1. The lowest BCUT2D eigenvalue weighted by Gasteiger charge is -2.07. The van der Waals surface area contributed by atoms with E-state index in [-0.39, 0.29) is 13.2 Å². The van der Waals surface area contributed by atoms with Crippen molar-refractivity contribution in [2.75, 3.05) is 26.4 Å². The molecule has 0 radical (unpaired) electrons. The van der Waals surface area contributed by atoms with Crippen molar-refractivity contribution in [2.45, 2.75) is 71.1 Å². The number of ether oxygens (including phenoxy) is 2. The average molecular weight is 304 g/mol. The minimum atomic E-state index is -0.00140. The summed E-state index contributed by atoms with van der Waals surface area (Å²) in [6, 6.07) is 0. The molecule has 0 fully saturated rings. The van der Waals surface area contributed by atoms with Crippen molar-refractivity contribution in [2.24, 2.45) is 0 Å². The molecule has 0 aromatic heterocycles. The number of rotatable bonds is 15. The Morgan fingerprint density at radius 1 is 0.850 bits per heavy atom. The fourth-order valence-corrected chi connectivity index (χ4v) is 2.21. The predicted molar refractivity (Wildman–Crippen MR) is 88.3 cm³/mol. The zero-order valence-corrected chi connectivity index (χ0v) is 13.9. The minimum Gasteiger partial charge on any atom is -0.482 e. The largest absolute Gasteiger partial charge is 0.482 e. The van der Waals surface area contributed by atoms with Crippen LogP contribution in [0.4, 0.5) is 0 Å². The van der Waals surface area contributed by atoms with Crippen LogP contribution in [0, 0.1) is 0 Å². The quantitative estimate of drug-likeness (QED) is 0.362. The van der Waals surface area contributed by atoms with Gasteiger partial charge < -0.3 is 14.6 Å². The third kappa shape index (κ3) is 15.9. The standard InChI is InChI=1S/C16H32O3S/c1-2-3-4-5-6-7-8-9-10-11-13-18-15-16(20)19-14-12-17/h17H,2-15H2,1H3. The van der Waals surface area contributed by atoms with Crippen molar-refractivity contribution in [3.8, 4) is 0 Å². The van der Waals surface area contributed by atoms with Crippen LogP contribution in [0.1, 0.15) is 71.1 Å².